The van der Waals surface area contributed by atoms with Crippen LogP contribution < -0.4 is 15.2 Å². The molecule has 82 valence electrons. The van der Waals surface area contributed by atoms with Gasteiger partial charge in [0.1, 0.15) is 12.7 Å². The van der Waals surface area contributed by atoms with E-state index in [0.29, 0.717) is 6.61 Å². The van der Waals surface area contributed by atoms with Crippen molar-refractivity contribution in [1.82, 2.24) is 0 Å². The van der Waals surface area contributed by atoms with E-state index in [1.807, 2.05) is 24.3 Å². The molecule has 0 spiro atoms. The summed E-state index contributed by atoms with van der Waals surface area (Å²) in [6, 6.07) is 7.77. The zero-order chi connectivity index (χ0) is 10.7. The van der Waals surface area contributed by atoms with Crippen LogP contribution >= 0.6 is 0 Å². The average Bonchev–Trinajstić information content (AvgIpc) is 2.29. The van der Waals surface area contributed by atoms with Crippen molar-refractivity contribution in [3.63, 3.8) is 0 Å². The van der Waals surface area contributed by atoms with Crippen molar-refractivity contribution in [1.29, 1.82) is 0 Å². The molecule has 0 bridgehead atoms. The van der Waals surface area contributed by atoms with Gasteiger partial charge in [0, 0.05) is 6.04 Å². The summed E-state index contributed by atoms with van der Waals surface area (Å²) in [5.41, 5.74) is 6.01. The first-order valence-electron chi connectivity index (χ1n) is 5.45. The maximum Gasteiger partial charge on any atom is 0.161 e. The first-order chi connectivity index (χ1) is 7.31. The molecular weight excluding hydrogens is 190 g/mol. The van der Waals surface area contributed by atoms with E-state index in [1.165, 1.54) is 0 Å². The van der Waals surface area contributed by atoms with Crippen molar-refractivity contribution in [3.05, 3.63) is 24.3 Å². The third-order valence-corrected chi connectivity index (χ3v) is 2.63. The van der Waals surface area contributed by atoms with Gasteiger partial charge in [-0.05, 0) is 18.6 Å². The Labute approximate surface area is 90.2 Å². The second-order valence-corrected chi connectivity index (χ2v) is 3.87. The van der Waals surface area contributed by atoms with E-state index in [1.54, 1.807) is 0 Å². The SMILES string of the molecule is CCCC(N)C1COc2ccccc2O1. The van der Waals surface area contributed by atoms with Crippen molar-refractivity contribution in [2.75, 3.05) is 6.61 Å². The Kier molecular flexibility index (Phi) is 3.11. The quantitative estimate of drug-likeness (QED) is 0.824. The van der Waals surface area contributed by atoms with Crippen LogP contribution in [0.1, 0.15) is 19.8 Å². The molecule has 0 radical (unpaired) electrons. The number of benzene rings is 1. The van der Waals surface area contributed by atoms with Gasteiger partial charge >= 0.3 is 0 Å². The normalized spacial score (nSPS) is 21.1. The highest BCUT2D eigenvalue weighted by molar-refractivity contribution is 5.40. The molecule has 0 aromatic heterocycles. The fraction of sp³-hybridized carbons (Fsp3) is 0.500. The summed E-state index contributed by atoms with van der Waals surface area (Å²) in [6.45, 7) is 2.68. The average molecular weight is 207 g/mol. The number of hydrogen-bond acceptors (Lipinski definition) is 3. The van der Waals surface area contributed by atoms with Gasteiger partial charge in [-0.1, -0.05) is 25.5 Å². The largest absolute Gasteiger partial charge is 0.486 e. The smallest absolute Gasteiger partial charge is 0.161 e. The predicted octanol–water partition coefficient (Wildman–Crippen LogP) is 1.95. The number of fused-ring (bicyclic) bond motifs is 1. The highest BCUT2D eigenvalue weighted by atomic mass is 16.6. The molecule has 0 saturated heterocycles. The predicted molar refractivity (Wildman–Crippen MR) is 59.2 cm³/mol. The van der Waals surface area contributed by atoms with Crippen LogP contribution in [0.25, 0.3) is 0 Å². The molecule has 0 fully saturated rings. The number of nitrogens with two attached hydrogens (primary N) is 1. The van der Waals surface area contributed by atoms with Crippen LogP contribution in [0.15, 0.2) is 24.3 Å². The van der Waals surface area contributed by atoms with E-state index < -0.39 is 0 Å². The van der Waals surface area contributed by atoms with Gasteiger partial charge in [0.25, 0.3) is 0 Å². The monoisotopic (exact) mass is 207 g/mol. The molecule has 0 aliphatic carbocycles. The van der Waals surface area contributed by atoms with Gasteiger partial charge < -0.3 is 15.2 Å². The van der Waals surface area contributed by atoms with Crippen LogP contribution in [0.3, 0.4) is 0 Å². The molecular formula is C12H17NO2. The molecule has 15 heavy (non-hydrogen) atoms. The van der Waals surface area contributed by atoms with Crippen LogP contribution in [-0.2, 0) is 0 Å². The summed E-state index contributed by atoms with van der Waals surface area (Å²) in [5.74, 6) is 1.62. The Balaban J connectivity index is 2.05. The van der Waals surface area contributed by atoms with Crippen LogP contribution in [0, 0.1) is 0 Å². The molecule has 0 amide bonds. The molecule has 3 nitrogen and oxygen atoms in total. The molecule has 2 N–H and O–H groups in total. The van der Waals surface area contributed by atoms with Gasteiger partial charge in [-0.25, -0.2) is 0 Å². The molecule has 1 aromatic rings. The Morgan fingerprint density at radius 2 is 2.13 bits per heavy atom. The van der Waals surface area contributed by atoms with Gasteiger partial charge in [0.15, 0.2) is 11.5 Å². The van der Waals surface area contributed by atoms with E-state index in [0.717, 1.165) is 24.3 Å². The van der Waals surface area contributed by atoms with Gasteiger partial charge in [0.05, 0.1) is 0 Å². The van der Waals surface area contributed by atoms with E-state index in [-0.39, 0.29) is 12.1 Å². The minimum Gasteiger partial charge on any atom is -0.486 e. The first kappa shape index (κ1) is 10.3. The van der Waals surface area contributed by atoms with E-state index in [9.17, 15) is 0 Å². The molecule has 1 aliphatic rings. The second kappa shape index (κ2) is 4.53. The lowest BCUT2D eigenvalue weighted by atomic mass is 10.1. The van der Waals surface area contributed by atoms with Crippen molar-refractivity contribution in [2.45, 2.75) is 31.9 Å². The van der Waals surface area contributed by atoms with Crippen molar-refractivity contribution >= 4 is 0 Å². The van der Waals surface area contributed by atoms with E-state index >= 15 is 0 Å². The first-order valence-corrected chi connectivity index (χ1v) is 5.45. The summed E-state index contributed by atoms with van der Waals surface area (Å²) >= 11 is 0. The van der Waals surface area contributed by atoms with Crippen LogP contribution in [0.4, 0.5) is 0 Å². The number of ether oxygens (including phenoxy) is 2. The standard InChI is InChI=1S/C12H17NO2/c1-2-5-9(13)12-8-14-10-6-3-4-7-11(10)15-12/h3-4,6-7,9,12H,2,5,8,13H2,1H3. The minimum absolute atomic E-state index is 0.0140. The summed E-state index contributed by atoms with van der Waals surface area (Å²) in [6.07, 6.45) is 2.03. The fourth-order valence-corrected chi connectivity index (χ4v) is 1.77. The van der Waals surface area contributed by atoms with Crippen LogP contribution in [-0.4, -0.2) is 18.8 Å². The zero-order valence-electron chi connectivity index (χ0n) is 8.98. The summed E-state index contributed by atoms with van der Waals surface area (Å²) in [4.78, 5) is 0. The topological polar surface area (TPSA) is 44.5 Å². The second-order valence-electron chi connectivity index (χ2n) is 3.87. The molecule has 2 atom stereocenters. The Morgan fingerprint density at radius 1 is 1.40 bits per heavy atom. The summed E-state index contributed by atoms with van der Waals surface area (Å²) < 4.78 is 11.4. The summed E-state index contributed by atoms with van der Waals surface area (Å²) in [7, 11) is 0. The molecule has 2 rings (SSSR count). The Morgan fingerprint density at radius 3 is 2.87 bits per heavy atom. The number of para-hydroxylation sites is 2. The maximum absolute atomic E-state index is 6.01. The Bertz CT molecular complexity index is 327. The highest BCUT2D eigenvalue weighted by Gasteiger charge is 2.25. The molecule has 1 aliphatic heterocycles. The number of rotatable bonds is 3. The van der Waals surface area contributed by atoms with E-state index in [4.69, 9.17) is 15.2 Å². The Hall–Kier alpha value is -1.22. The van der Waals surface area contributed by atoms with E-state index in [2.05, 4.69) is 6.92 Å². The van der Waals surface area contributed by atoms with Gasteiger partial charge in [-0.15, -0.1) is 0 Å². The fourth-order valence-electron chi connectivity index (χ4n) is 1.77. The summed E-state index contributed by atoms with van der Waals surface area (Å²) in [5, 5.41) is 0. The molecule has 1 aromatic carbocycles. The van der Waals surface area contributed by atoms with Crippen molar-refractivity contribution in [2.24, 2.45) is 5.73 Å². The van der Waals surface area contributed by atoms with Crippen LogP contribution in [0.2, 0.25) is 0 Å². The van der Waals surface area contributed by atoms with Crippen molar-refractivity contribution < 1.29 is 9.47 Å². The van der Waals surface area contributed by atoms with Gasteiger partial charge in [-0.3, -0.25) is 0 Å². The molecule has 2 unspecified atom stereocenters. The third kappa shape index (κ3) is 2.23. The zero-order valence-corrected chi connectivity index (χ0v) is 8.98. The molecule has 0 saturated carbocycles. The lowest BCUT2D eigenvalue weighted by molar-refractivity contribution is 0.0699. The van der Waals surface area contributed by atoms with Gasteiger partial charge in [0.2, 0.25) is 0 Å². The number of hydrogen-bond donors (Lipinski definition) is 1. The molecule has 3 heteroatoms. The highest BCUT2D eigenvalue weighted by Crippen LogP contribution is 2.31. The molecule has 1 heterocycles. The lowest BCUT2D eigenvalue weighted by Gasteiger charge is -2.30. The van der Waals surface area contributed by atoms with Gasteiger partial charge in [-0.2, -0.15) is 0 Å². The van der Waals surface area contributed by atoms with Crippen molar-refractivity contribution in [3.8, 4) is 11.5 Å². The lowest BCUT2D eigenvalue weighted by Crippen LogP contribution is -2.44. The van der Waals surface area contributed by atoms with Crippen LogP contribution in [0.5, 0.6) is 11.5 Å². The third-order valence-electron chi connectivity index (χ3n) is 2.63. The minimum atomic E-state index is -0.0140. The maximum atomic E-state index is 6.01.